The molecule has 0 saturated heterocycles. The molecule has 0 bridgehead atoms. The number of rotatable bonds is 10. The summed E-state index contributed by atoms with van der Waals surface area (Å²) in [5, 5.41) is 3.54. The lowest BCUT2D eigenvalue weighted by molar-refractivity contribution is 0.00406. The molecule has 0 unspecified atom stereocenters. The molecule has 0 aromatic heterocycles. The largest absolute Gasteiger partial charge is 0.382 e. The summed E-state index contributed by atoms with van der Waals surface area (Å²) in [7, 11) is 1.64. The van der Waals surface area contributed by atoms with E-state index in [0.29, 0.717) is 39.6 Å². The van der Waals surface area contributed by atoms with E-state index in [4.69, 9.17) is 19.7 Å². The highest BCUT2D eigenvalue weighted by molar-refractivity contribution is 4.70. The molecular formula is C10H21N3O3. The summed E-state index contributed by atoms with van der Waals surface area (Å²) >= 11 is 0. The second-order valence-corrected chi connectivity index (χ2v) is 4.21. The highest BCUT2D eigenvalue weighted by Gasteiger charge is 2.16. The van der Waals surface area contributed by atoms with Crippen molar-refractivity contribution < 1.29 is 14.2 Å². The molecule has 0 aliphatic heterocycles. The first-order valence-corrected chi connectivity index (χ1v) is 5.27. The Morgan fingerprint density at radius 2 is 1.75 bits per heavy atom. The summed E-state index contributed by atoms with van der Waals surface area (Å²) in [6, 6.07) is 0. The fourth-order valence-corrected chi connectivity index (χ4v) is 0.979. The Morgan fingerprint density at radius 3 is 2.38 bits per heavy atom. The van der Waals surface area contributed by atoms with Crippen LogP contribution in [-0.2, 0) is 14.2 Å². The summed E-state index contributed by atoms with van der Waals surface area (Å²) in [6.45, 7) is 7.27. The van der Waals surface area contributed by atoms with E-state index in [0.717, 1.165) is 0 Å². The minimum atomic E-state index is -0.126. The van der Waals surface area contributed by atoms with Crippen molar-refractivity contribution in [3.8, 4) is 0 Å². The topological polar surface area (TPSA) is 76.5 Å². The molecule has 0 fully saturated rings. The Balaban J connectivity index is 3.39. The summed E-state index contributed by atoms with van der Waals surface area (Å²) in [4.78, 5) is 2.73. The average molecular weight is 231 g/mol. The van der Waals surface area contributed by atoms with Gasteiger partial charge in [-0.25, -0.2) is 0 Å². The van der Waals surface area contributed by atoms with Crippen molar-refractivity contribution in [3.63, 3.8) is 0 Å². The third-order valence-electron chi connectivity index (χ3n) is 1.86. The molecule has 0 aliphatic rings. The zero-order chi connectivity index (χ0) is 12.3. The fraction of sp³-hybridized carbons (Fsp3) is 1.00. The Labute approximate surface area is 96.5 Å². The van der Waals surface area contributed by atoms with Gasteiger partial charge in [0, 0.05) is 18.6 Å². The predicted octanol–water partition coefficient (Wildman–Crippen LogP) is 2.00. The standard InChI is InChI=1S/C10H21N3O3/c1-10(2,8-12-13-11)9-16-7-6-15-5-4-14-3/h4-9H2,1-3H3. The van der Waals surface area contributed by atoms with Crippen molar-refractivity contribution in [1.29, 1.82) is 0 Å². The van der Waals surface area contributed by atoms with Crippen LogP contribution in [-0.4, -0.2) is 46.7 Å². The summed E-state index contributed by atoms with van der Waals surface area (Å²) in [5.74, 6) is 0. The second-order valence-electron chi connectivity index (χ2n) is 4.21. The number of hydrogen-bond donors (Lipinski definition) is 0. The van der Waals surface area contributed by atoms with Gasteiger partial charge in [-0.2, -0.15) is 0 Å². The second kappa shape index (κ2) is 9.42. The lowest BCUT2D eigenvalue weighted by atomic mass is 9.95. The lowest BCUT2D eigenvalue weighted by Gasteiger charge is -2.21. The smallest absolute Gasteiger partial charge is 0.0701 e. The molecule has 0 rings (SSSR count). The molecule has 0 aromatic carbocycles. The van der Waals surface area contributed by atoms with Gasteiger partial charge in [0.1, 0.15) is 0 Å². The maximum absolute atomic E-state index is 8.21. The molecule has 0 radical (unpaired) electrons. The average Bonchev–Trinajstić information content (AvgIpc) is 2.25. The number of methoxy groups -OCH3 is 1. The van der Waals surface area contributed by atoms with Gasteiger partial charge in [-0.1, -0.05) is 19.0 Å². The molecule has 0 heterocycles. The van der Waals surface area contributed by atoms with Crippen LogP contribution in [0.2, 0.25) is 0 Å². The fourth-order valence-electron chi connectivity index (χ4n) is 0.979. The molecule has 0 spiro atoms. The molecule has 0 saturated carbocycles. The van der Waals surface area contributed by atoms with Gasteiger partial charge in [0.05, 0.1) is 33.0 Å². The number of nitrogens with zero attached hydrogens (tertiary/aromatic N) is 3. The molecule has 6 heteroatoms. The van der Waals surface area contributed by atoms with Crippen molar-refractivity contribution in [3.05, 3.63) is 10.4 Å². The molecule has 0 amide bonds. The summed E-state index contributed by atoms with van der Waals surface area (Å²) in [5.41, 5.74) is 8.08. The molecule has 0 atom stereocenters. The molecule has 16 heavy (non-hydrogen) atoms. The third kappa shape index (κ3) is 9.73. The summed E-state index contributed by atoms with van der Waals surface area (Å²) < 4.78 is 15.5. The van der Waals surface area contributed by atoms with E-state index < -0.39 is 0 Å². The van der Waals surface area contributed by atoms with Gasteiger partial charge in [-0.3, -0.25) is 0 Å². The first-order chi connectivity index (χ1) is 7.62. The molecule has 0 aliphatic carbocycles. The highest BCUT2D eigenvalue weighted by atomic mass is 16.5. The van der Waals surface area contributed by atoms with Crippen molar-refractivity contribution in [1.82, 2.24) is 0 Å². The maximum atomic E-state index is 8.21. The first kappa shape index (κ1) is 15.2. The van der Waals surface area contributed by atoms with E-state index >= 15 is 0 Å². The Kier molecular flexibility index (Phi) is 8.94. The van der Waals surface area contributed by atoms with Gasteiger partial charge < -0.3 is 14.2 Å². The lowest BCUT2D eigenvalue weighted by Crippen LogP contribution is -2.23. The Morgan fingerprint density at radius 1 is 1.12 bits per heavy atom. The highest BCUT2D eigenvalue weighted by Crippen LogP contribution is 2.15. The van der Waals surface area contributed by atoms with Crippen LogP contribution in [0.4, 0.5) is 0 Å². The third-order valence-corrected chi connectivity index (χ3v) is 1.86. The molecule has 6 nitrogen and oxygen atoms in total. The van der Waals surface area contributed by atoms with Crippen molar-refractivity contribution in [2.45, 2.75) is 13.8 Å². The van der Waals surface area contributed by atoms with Gasteiger partial charge in [-0.15, -0.1) is 0 Å². The number of hydrogen-bond acceptors (Lipinski definition) is 4. The van der Waals surface area contributed by atoms with E-state index in [2.05, 4.69) is 10.0 Å². The predicted molar refractivity (Wildman–Crippen MR) is 61.3 cm³/mol. The van der Waals surface area contributed by atoms with Gasteiger partial charge in [0.15, 0.2) is 0 Å². The van der Waals surface area contributed by atoms with Crippen molar-refractivity contribution in [2.75, 3.05) is 46.7 Å². The summed E-state index contributed by atoms with van der Waals surface area (Å²) in [6.07, 6.45) is 0. The quantitative estimate of drug-likeness (QED) is 0.250. The molecule has 0 N–H and O–H groups in total. The van der Waals surface area contributed by atoms with Crippen LogP contribution in [0.3, 0.4) is 0 Å². The van der Waals surface area contributed by atoms with Crippen LogP contribution in [0.1, 0.15) is 13.8 Å². The zero-order valence-electron chi connectivity index (χ0n) is 10.3. The van der Waals surface area contributed by atoms with Gasteiger partial charge in [-0.05, 0) is 10.9 Å². The molecule has 0 aromatic rings. The Hall–Kier alpha value is -0.810. The molecular weight excluding hydrogens is 210 g/mol. The maximum Gasteiger partial charge on any atom is 0.0701 e. The van der Waals surface area contributed by atoms with E-state index in [1.807, 2.05) is 13.8 Å². The minimum absolute atomic E-state index is 0.126. The van der Waals surface area contributed by atoms with Gasteiger partial charge >= 0.3 is 0 Å². The van der Waals surface area contributed by atoms with Gasteiger partial charge in [0.2, 0.25) is 0 Å². The minimum Gasteiger partial charge on any atom is -0.382 e. The molecule has 94 valence electrons. The van der Waals surface area contributed by atoms with Crippen molar-refractivity contribution in [2.24, 2.45) is 10.5 Å². The normalized spacial score (nSPS) is 11.2. The van der Waals surface area contributed by atoms with E-state index in [-0.39, 0.29) is 5.41 Å². The van der Waals surface area contributed by atoms with Crippen LogP contribution in [0.15, 0.2) is 5.11 Å². The van der Waals surface area contributed by atoms with E-state index in [1.54, 1.807) is 7.11 Å². The van der Waals surface area contributed by atoms with Crippen LogP contribution >= 0.6 is 0 Å². The van der Waals surface area contributed by atoms with E-state index in [9.17, 15) is 0 Å². The first-order valence-electron chi connectivity index (χ1n) is 5.27. The van der Waals surface area contributed by atoms with Crippen molar-refractivity contribution >= 4 is 0 Å². The monoisotopic (exact) mass is 231 g/mol. The van der Waals surface area contributed by atoms with Crippen LogP contribution in [0, 0.1) is 5.41 Å². The SMILES string of the molecule is COCCOCCOCC(C)(C)CN=[N+]=[N-]. The van der Waals surface area contributed by atoms with Crippen LogP contribution < -0.4 is 0 Å². The van der Waals surface area contributed by atoms with Crippen LogP contribution in [0.25, 0.3) is 10.4 Å². The van der Waals surface area contributed by atoms with Crippen LogP contribution in [0.5, 0.6) is 0 Å². The Bertz CT molecular complexity index is 215. The van der Waals surface area contributed by atoms with E-state index in [1.165, 1.54) is 0 Å². The zero-order valence-corrected chi connectivity index (χ0v) is 10.3. The van der Waals surface area contributed by atoms with Gasteiger partial charge in [0.25, 0.3) is 0 Å². The number of azide groups is 1. The number of ether oxygens (including phenoxy) is 3.